The molecule has 1 unspecified atom stereocenters. The molecule has 15 heteroatoms. The quantitative estimate of drug-likeness (QED) is 0.349. The lowest BCUT2D eigenvalue weighted by molar-refractivity contribution is -0.141. The zero-order valence-corrected chi connectivity index (χ0v) is 21.9. The van der Waals surface area contributed by atoms with Crippen LogP contribution in [0.1, 0.15) is 46.2 Å². The molecule has 1 aliphatic rings. The average molecular weight is 588 g/mol. The molecule has 4 N–H and O–H groups in total. The van der Waals surface area contributed by atoms with Crippen LogP contribution in [0.5, 0.6) is 0 Å². The van der Waals surface area contributed by atoms with E-state index < -0.39 is 52.9 Å². The van der Waals surface area contributed by atoms with Crippen LogP contribution in [0, 0.1) is 5.92 Å². The lowest BCUT2D eigenvalue weighted by Gasteiger charge is -2.21. The number of alkyl halides is 3. The number of benzene rings is 1. The number of likely N-dealkylation sites (N-methyl/N-ethyl adjacent to an activating group) is 1. The van der Waals surface area contributed by atoms with Gasteiger partial charge in [0.15, 0.2) is 0 Å². The minimum absolute atomic E-state index is 0.0374. The Labute approximate surface area is 230 Å². The van der Waals surface area contributed by atoms with Crippen LogP contribution in [0.4, 0.5) is 18.9 Å². The lowest BCUT2D eigenvalue weighted by atomic mass is 9.93. The predicted molar refractivity (Wildman–Crippen MR) is 134 cm³/mol. The van der Waals surface area contributed by atoms with Gasteiger partial charge in [-0.2, -0.15) is 13.2 Å². The molecule has 208 valence electrons. The summed E-state index contributed by atoms with van der Waals surface area (Å²) in [4.78, 5) is 66.3. The molecule has 1 saturated heterocycles. The van der Waals surface area contributed by atoms with E-state index >= 15 is 0 Å². The molecule has 10 nitrogen and oxygen atoms in total. The third-order valence-electron chi connectivity index (χ3n) is 5.84. The van der Waals surface area contributed by atoms with Gasteiger partial charge in [0.05, 0.1) is 22.3 Å². The van der Waals surface area contributed by atoms with Crippen molar-refractivity contribution in [1.29, 1.82) is 0 Å². The number of carbonyl (C=O) groups is 5. The molecular weight excluding hydrogens is 566 g/mol. The van der Waals surface area contributed by atoms with Crippen molar-refractivity contribution in [3.63, 3.8) is 0 Å². The monoisotopic (exact) mass is 587 g/mol. The lowest BCUT2D eigenvalue weighted by Crippen LogP contribution is -2.48. The Morgan fingerprint density at radius 2 is 1.85 bits per heavy atom. The Hall–Kier alpha value is -3.71. The number of ketones is 1. The number of hydrogen-bond donors (Lipinski definition) is 4. The smallest absolute Gasteiger partial charge is 0.353 e. The fraction of sp³-hybridized carbons (Fsp3) is 0.333. The molecule has 0 bridgehead atoms. The number of carbonyl (C=O) groups excluding carboxylic acids is 5. The van der Waals surface area contributed by atoms with Crippen LogP contribution < -0.4 is 21.3 Å². The van der Waals surface area contributed by atoms with Gasteiger partial charge in [0, 0.05) is 35.8 Å². The summed E-state index contributed by atoms with van der Waals surface area (Å²) < 4.78 is 39.1. The van der Waals surface area contributed by atoms with Crippen LogP contribution in [-0.2, 0) is 20.6 Å². The van der Waals surface area contributed by atoms with E-state index in [-0.39, 0.29) is 39.7 Å². The fourth-order valence-electron chi connectivity index (χ4n) is 3.98. The molecule has 1 aromatic carbocycles. The molecule has 0 radical (unpaired) electrons. The summed E-state index contributed by atoms with van der Waals surface area (Å²) in [6, 6.07) is 2.23. The van der Waals surface area contributed by atoms with Gasteiger partial charge in [-0.3, -0.25) is 29.0 Å². The van der Waals surface area contributed by atoms with Crippen LogP contribution in [0.25, 0.3) is 0 Å². The molecular formula is C24H22Cl2F3N5O5. The van der Waals surface area contributed by atoms with Gasteiger partial charge in [0.1, 0.15) is 5.69 Å². The number of amides is 4. The number of halogens is 5. The van der Waals surface area contributed by atoms with Gasteiger partial charge in [-0.05, 0) is 44.0 Å². The maximum absolute atomic E-state index is 13.3. The highest BCUT2D eigenvalue weighted by molar-refractivity contribution is 6.39. The number of hydrogen-bond acceptors (Lipinski definition) is 6. The summed E-state index contributed by atoms with van der Waals surface area (Å²) in [6.07, 6.45) is -3.84. The number of nitrogens with one attached hydrogen (secondary N) is 4. The molecule has 1 aliphatic heterocycles. The second-order valence-corrected chi connectivity index (χ2v) is 9.58. The third-order valence-corrected chi connectivity index (χ3v) is 6.36. The minimum Gasteiger partial charge on any atom is -0.353 e. The van der Waals surface area contributed by atoms with Gasteiger partial charge in [0.2, 0.25) is 11.7 Å². The minimum atomic E-state index is -4.81. The molecule has 1 aromatic heterocycles. The van der Waals surface area contributed by atoms with Gasteiger partial charge >= 0.3 is 6.18 Å². The number of aromatic nitrogens is 1. The number of pyridine rings is 1. The van der Waals surface area contributed by atoms with E-state index in [4.69, 9.17) is 23.2 Å². The molecule has 3 rings (SSSR count). The molecule has 0 aliphatic carbocycles. The SMILES string of the molecule is CNC(=O)C(=O)C(C[C@@H]1C[C@@H](C)NC1=O)NC(=O)c1cc(Cl)cc(Cl)c1NC(=O)c1ccnc(C(F)(F)F)c1. The van der Waals surface area contributed by atoms with Crippen molar-refractivity contribution in [1.82, 2.24) is 20.9 Å². The van der Waals surface area contributed by atoms with Crippen molar-refractivity contribution in [2.24, 2.45) is 5.92 Å². The molecule has 4 amide bonds. The summed E-state index contributed by atoms with van der Waals surface area (Å²) >= 11 is 12.2. The highest BCUT2D eigenvalue weighted by atomic mass is 35.5. The number of rotatable bonds is 8. The molecule has 1 fully saturated rings. The second-order valence-electron chi connectivity index (χ2n) is 8.74. The second kappa shape index (κ2) is 12.0. The predicted octanol–water partition coefficient (Wildman–Crippen LogP) is 2.99. The summed E-state index contributed by atoms with van der Waals surface area (Å²) in [7, 11) is 1.22. The first-order valence-electron chi connectivity index (χ1n) is 11.4. The normalized spacial score (nSPS) is 17.7. The fourth-order valence-corrected chi connectivity index (χ4v) is 4.52. The highest BCUT2D eigenvalue weighted by Crippen LogP contribution is 2.32. The molecule has 2 aromatic rings. The maximum Gasteiger partial charge on any atom is 0.433 e. The summed E-state index contributed by atoms with van der Waals surface area (Å²) in [5.41, 5.74) is -2.39. The van der Waals surface area contributed by atoms with E-state index in [9.17, 15) is 37.1 Å². The van der Waals surface area contributed by atoms with E-state index in [1.807, 2.05) is 0 Å². The van der Waals surface area contributed by atoms with Crippen LogP contribution in [0.15, 0.2) is 30.5 Å². The number of nitrogens with zero attached hydrogens (tertiary/aromatic N) is 1. The van der Waals surface area contributed by atoms with Crippen molar-refractivity contribution in [2.45, 2.75) is 38.0 Å². The van der Waals surface area contributed by atoms with Crippen molar-refractivity contribution in [2.75, 3.05) is 12.4 Å². The van der Waals surface area contributed by atoms with Gasteiger partial charge in [-0.25, -0.2) is 0 Å². The summed E-state index contributed by atoms with van der Waals surface area (Å²) in [5, 5.41) is 9.27. The van der Waals surface area contributed by atoms with E-state index in [0.29, 0.717) is 12.5 Å². The van der Waals surface area contributed by atoms with Gasteiger partial charge < -0.3 is 21.3 Å². The van der Waals surface area contributed by atoms with Gasteiger partial charge in [-0.15, -0.1) is 0 Å². The molecule has 0 saturated carbocycles. The van der Waals surface area contributed by atoms with Crippen LogP contribution >= 0.6 is 23.2 Å². The molecule has 3 atom stereocenters. The van der Waals surface area contributed by atoms with Crippen molar-refractivity contribution < 1.29 is 37.1 Å². The van der Waals surface area contributed by atoms with Crippen molar-refractivity contribution >= 4 is 58.3 Å². The number of anilines is 1. The summed E-state index contributed by atoms with van der Waals surface area (Å²) in [5.74, 6) is -5.09. The van der Waals surface area contributed by atoms with Crippen LogP contribution in [0.3, 0.4) is 0 Å². The Balaban J connectivity index is 1.92. The first kappa shape index (κ1) is 29.8. The van der Waals surface area contributed by atoms with E-state index in [0.717, 1.165) is 18.3 Å². The number of Topliss-reactive ketones (excluding diaryl/α,β-unsaturated/α-hetero) is 1. The zero-order chi connectivity index (χ0) is 29.1. The van der Waals surface area contributed by atoms with Crippen LogP contribution in [-0.4, -0.2) is 53.5 Å². The Bertz CT molecular complexity index is 1340. The third kappa shape index (κ3) is 7.24. The average Bonchev–Trinajstić information content (AvgIpc) is 3.19. The topological polar surface area (TPSA) is 146 Å². The van der Waals surface area contributed by atoms with Crippen LogP contribution in [0.2, 0.25) is 10.0 Å². The Morgan fingerprint density at radius 1 is 1.15 bits per heavy atom. The summed E-state index contributed by atoms with van der Waals surface area (Å²) in [6.45, 7) is 1.76. The zero-order valence-electron chi connectivity index (χ0n) is 20.4. The van der Waals surface area contributed by atoms with Crippen molar-refractivity contribution in [3.8, 4) is 0 Å². The van der Waals surface area contributed by atoms with E-state index in [1.54, 1.807) is 6.92 Å². The standard InChI is InChI=1S/C24H22Cl2F3N5O5/c1-10-5-12(21(37)32-10)6-16(19(35)23(39)30-2)33-22(38)14-8-13(25)9-15(26)18(14)34-20(36)11-3-4-31-17(7-11)24(27,28)29/h3-4,7-10,12,16H,5-6H2,1-2H3,(H,30,39)(H,32,37)(H,33,38)(H,34,36)/t10-,12+,16?/m1/s1. The largest absolute Gasteiger partial charge is 0.433 e. The molecule has 2 heterocycles. The Kier molecular flexibility index (Phi) is 9.18. The van der Waals surface area contributed by atoms with Crippen molar-refractivity contribution in [3.05, 3.63) is 57.3 Å². The Morgan fingerprint density at radius 3 is 2.44 bits per heavy atom. The van der Waals surface area contributed by atoms with Gasteiger partial charge in [-0.1, -0.05) is 23.2 Å². The van der Waals surface area contributed by atoms with Gasteiger partial charge in [0.25, 0.3) is 17.7 Å². The molecule has 39 heavy (non-hydrogen) atoms. The first-order chi connectivity index (χ1) is 18.2. The maximum atomic E-state index is 13.3. The molecule has 0 spiro atoms. The van der Waals surface area contributed by atoms with E-state index in [1.165, 1.54) is 13.1 Å². The van der Waals surface area contributed by atoms with E-state index in [2.05, 4.69) is 26.3 Å². The highest BCUT2D eigenvalue weighted by Gasteiger charge is 2.37. The first-order valence-corrected chi connectivity index (χ1v) is 12.2.